The molecule has 4 heteroatoms. The average molecular weight is 283 g/mol. The van der Waals surface area contributed by atoms with Gasteiger partial charge in [-0.15, -0.1) is 0 Å². The number of rotatable bonds is 6. The van der Waals surface area contributed by atoms with Crippen LogP contribution in [0.25, 0.3) is 0 Å². The van der Waals surface area contributed by atoms with E-state index in [9.17, 15) is 9.59 Å². The quantitative estimate of drug-likeness (QED) is 0.854. The molecule has 0 aliphatic heterocycles. The van der Waals surface area contributed by atoms with Gasteiger partial charge in [0, 0.05) is 6.42 Å². The number of Topliss-reactive ketones (excluding diaryl/α,β-unsaturated/α-hetero) is 1. The molecule has 108 valence electrons. The fourth-order valence-electron chi connectivity index (χ4n) is 2.09. The first-order valence-electron chi connectivity index (χ1n) is 6.73. The molecule has 0 heterocycles. The van der Waals surface area contributed by atoms with Gasteiger partial charge in [0.05, 0.1) is 11.6 Å². The van der Waals surface area contributed by atoms with Crippen LogP contribution in [0.3, 0.4) is 0 Å². The summed E-state index contributed by atoms with van der Waals surface area (Å²) < 4.78 is 0. The van der Waals surface area contributed by atoms with Crippen molar-refractivity contribution in [3.05, 3.63) is 71.3 Å². The first kappa shape index (κ1) is 14.9. The van der Waals surface area contributed by atoms with Crippen molar-refractivity contribution < 1.29 is 14.7 Å². The van der Waals surface area contributed by atoms with E-state index in [1.165, 1.54) is 12.1 Å². The Kier molecular flexibility index (Phi) is 4.85. The maximum absolute atomic E-state index is 12.1. The van der Waals surface area contributed by atoms with Crippen molar-refractivity contribution in [1.29, 1.82) is 0 Å². The number of benzene rings is 2. The van der Waals surface area contributed by atoms with Gasteiger partial charge in [0.15, 0.2) is 5.78 Å². The first-order chi connectivity index (χ1) is 10.1. The highest BCUT2D eigenvalue weighted by molar-refractivity contribution is 5.88. The van der Waals surface area contributed by atoms with Gasteiger partial charge in [-0.05, 0) is 29.7 Å². The first-order valence-corrected chi connectivity index (χ1v) is 6.73. The maximum atomic E-state index is 12.1. The summed E-state index contributed by atoms with van der Waals surface area (Å²) in [7, 11) is 0. The Morgan fingerprint density at radius 3 is 2.19 bits per heavy atom. The molecule has 0 saturated carbocycles. The minimum Gasteiger partial charge on any atom is -0.478 e. The number of ketones is 1. The molecule has 21 heavy (non-hydrogen) atoms. The molecule has 2 rings (SSSR count). The van der Waals surface area contributed by atoms with Crippen molar-refractivity contribution in [2.75, 3.05) is 0 Å². The number of carbonyl (C=O) groups is 2. The number of carbonyl (C=O) groups excluding carboxylic acids is 1. The third-order valence-electron chi connectivity index (χ3n) is 3.37. The van der Waals surface area contributed by atoms with E-state index in [2.05, 4.69) is 0 Å². The highest BCUT2D eigenvalue weighted by Gasteiger charge is 2.16. The smallest absolute Gasteiger partial charge is 0.335 e. The molecule has 0 amide bonds. The van der Waals surface area contributed by atoms with Gasteiger partial charge in [-0.1, -0.05) is 42.5 Å². The zero-order chi connectivity index (χ0) is 15.2. The molecule has 3 N–H and O–H groups in total. The second-order valence-corrected chi connectivity index (χ2v) is 4.86. The monoisotopic (exact) mass is 283 g/mol. The molecule has 0 fully saturated rings. The fraction of sp³-hybridized carbons (Fsp3) is 0.176. The summed E-state index contributed by atoms with van der Waals surface area (Å²) in [6.07, 6.45) is 1.02. The summed E-state index contributed by atoms with van der Waals surface area (Å²) in [5, 5.41) is 8.84. The molecule has 0 aliphatic rings. The summed E-state index contributed by atoms with van der Waals surface area (Å²) >= 11 is 0. The highest BCUT2D eigenvalue weighted by Crippen LogP contribution is 2.15. The molecular formula is C17H17NO3. The van der Waals surface area contributed by atoms with Gasteiger partial charge in [0.25, 0.3) is 0 Å². The van der Waals surface area contributed by atoms with Gasteiger partial charge in [-0.2, -0.15) is 0 Å². The normalized spacial score (nSPS) is 11.9. The number of aromatic carboxylic acids is 1. The molecule has 2 aromatic carbocycles. The van der Waals surface area contributed by atoms with E-state index in [4.69, 9.17) is 10.8 Å². The van der Waals surface area contributed by atoms with Crippen LogP contribution in [-0.4, -0.2) is 16.9 Å². The Hall–Kier alpha value is -2.46. The van der Waals surface area contributed by atoms with Crippen LogP contribution in [0.5, 0.6) is 0 Å². The van der Waals surface area contributed by atoms with Gasteiger partial charge in [-0.25, -0.2) is 4.79 Å². The minimum atomic E-state index is -0.995. The number of hydrogen-bond donors (Lipinski definition) is 2. The molecule has 0 aromatic heterocycles. The summed E-state index contributed by atoms with van der Waals surface area (Å²) in [5.74, 6) is -1.05. The molecule has 1 unspecified atom stereocenters. The van der Waals surface area contributed by atoms with E-state index < -0.39 is 12.0 Å². The van der Waals surface area contributed by atoms with Crippen LogP contribution >= 0.6 is 0 Å². The topological polar surface area (TPSA) is 80.4 Å². The second-order valence-electron chi connectivity index (χ2n) is 4.86. The van der Waals surface area contributed by atoms with Crippen molar-refractivity contribution in [2.24, 2.45) is 5.73 Å². The molecule has 1 atom stereocenters. The van der Waals surface area contributed by atoms with Crippen LogP contribution in [0.15, 0.2) is 54.6 Å². The Balaban J connectivity index is 1.97. The standard InChI is InChI=1S/C17H17NO3/c18-16(13-7-9-14(10-8-13)17(20)21)15(19)11-6-12-4-2-1-3-5-12/h1-5,7-10,16H,6,11,18H2,(H,20,21). The van der Waals surface area contributed by atoms with Gasteiger partial charge in [0.2, 0.25) is 0 Å². The van der Waals surface area contributed by atoms with Crippen molar-refractivity contribution >= 4 is 11.8 Å². The van der Waals surface area contributed by atoms with Crippen LogP contribution in [0, 0.1) is 0 Å². The lowest BCUT2D eigenvalue weighted by atomic mass is 9.98. The van der Waals surface area contributed by atoms with Crippen molar-refractivity contribution in [2.45, 2.75) is 18.9 Å². The molecule has 4 nitrogen and oxygen atoms in total. The number of nitrogens with two attached hydrogens (primary N) is 1. The van der Waals surface area contributed by atoms with Crippen LogP contribution in [0.4, 0.5) is 0 Å². The number of carboxylic acid groups (broad SMARTS) is 1. The lowest BCUT2D eigenvalue weighted by Crippen LogP contribution is -2.21. The van der Waals surface area contributed by atoms with E-state index >= 15 is 0 Å². The van der Waals surface area contributed by atoms with Gasteiger partial charge < -0.3 is 10.8 Å². The van der Waals surface area contributed by atoms with Crippen LogP contribution < -0.4 is 5.73 Å². The van der Waals surface area contributed by atoms with Gasteiger partial charge in [-0.3, -0.25) is 4.79 Å². The van der Waals surface area contributed by atoms with E-state index in [-0.39, 0.29) is 11.3 Å². The number of carboxylic acids is 1. The number of aryl methyl sites for hydroxylation is 1. The Morgan fingerprint density at radius 1 is 1.00 bits per heavy atom. The minimum absolute atomic E-state index is 0.0538. The molecule has 0 radical (unpaired) electrons. The Labute approximate surface area is 123 Å². The van der Waals surface area contributed by atoms with Crippen LogP contribution in [0.1, 0.15) is 33.9 Å². The van der Waals surface area contributed by atoms with E-state index in [1.807, 2.05) is 30.3 Å². The zero-order valence-electron chi connectivity index (χ0n) is 11.5. The van der Waals surface area contributed by atoms with Crippen molar-refractivity contribution in [1.82, 2.24) is 0 Å². The van der Waals surface area contributed by atoms with Gasteiger partial charge >= 0.3 is 5.97 Å². The molecular weight excluding hydrogens is 266 g/mol. The summed E-state index contributed by atoms with van der Waals surface area (Å²) in [5.41, 5.74) is 7.85. The molecule has 0 bridgehead atoms. The third-order valence-corrected chi connectivity index (χ3v) is 3.37. The Bertz CT molecular complexity index is 620. The molecule has 2 aromatic rings. The van der Waals surface area contributed by atoms with E-state index in [0.29, 0.717) is 18.4 Å². The molecule has 0 spiro atoms. The van der Waals surface area contributed by atoms with Crippen molar-refractivity contribution in [3.8, 4) is 0 Å². The fourth-order valence-corrected chi connectivity index (χ4v) is 2.09. The highest BCUT2D eigenvalue weighted by atomic mass is 16.4. The Morgan fingerprint density at radius 2 is 1.62 bits per heavy atom. The summed E-state index contributed by atoms with van der Waals surface area (Å²) in [6.45, 7) is 0. The third kappa shape index (κ3) is 4.00. The zero-order valence-corrected chi connectivity index (χ0v) is 11.5. The SMILES string of the molecule is NC(C(=O)CCc1ccccc1)c1ccc(C(=O)O)cc1. The second kappa shape index (κ2) is 6.81. The summed E-state index contributed by atoms with van der Waals surface area (Å²) in [6, 6.07) is 15.1. The molecule has 0 aliphatic carbocycles. The predicted octanol–water partition coefficient (Wildman–Crippen LogP) is 2.59. The number of hydrogen-bond acceptors (Lipinski definition) is 3. The van der Waals surface area contributed by atoms with Crippen LogP contribution in [0.2, 0.25) is 0 Å². The van der Waals surface area contributed by atoms with E-state index in [0.717, 1.165) is 5.56 Å². The average Bonchev–Trinajstić information content (AvgIpc) is 2.53. The maximum Gasteiger partial charge on any atom is 0.335 e. The van der Waals surface area contributed by atoms with Crippen LogP contribution in [-0.2, 0) is 11.2 Å². The molecule has 0 saturated heterocycles. The van der Waals surface area contributed by atoms with Gasteiger partial charge in [0.1, 0.15) is 0 Å². The predicted molar refractivity (Wildman–Crippen MR) is 80.1 cm³/mol. The van der Waals surface area contributed by atoms with Crippen molar-refractivity contribution in [3.63, 3.8) is 0 Å². The summed E-state index contributed by atoms with van der Waals surface area (Å²) in [4.78, 5) is 22.9. The lowest BCUT2D eigenvalue weighted by Gasteiger charge is -2.11. The lowest BCUT2D eigenvalue weighted by molar-refractivity contribution is -0.120. The largest absolute Gasteiger partial charge is 0.478 e. The van der Waals surface area contributed by atoms with E-state index in [1.54, 1.807) is 12.1 Å².